The second-order valence-corrected chi connectivity index (χ2v) is 4.35. The molecule has 6 nitrogen and oxygen atoms in total. The average molecular weight is 251 g/mol. The zero-order valence-electron chi connectivity index (χ0n) is 10.5. The van der Waals surface area contributed by atoms with Gasteiger partial charge in [-0.25, -0.2) is 5.01 Å². The van der Waals surface area contributed by atoms with Gasteiger partial charge in [-0.15, -0.1) is 0 Å². The first-order chi connectivity index (χ1) is 8.56. The number of hydrazine groups is 1. The SMILES string of the molecule is CN(C)NC(=O)CC(N)c1ccc2c(c1)OCO2. The van der Waals surface area contributed by atoms with E-state index in [1.54, 1.807) is 25.2 Å². The highest BCUT2D eigenvalue weighted by Gasteiger charge is 2.17. The van der Waals surface area contributed by atoms with Gasteiger partial charge in [0, 0.05) is 26.6 Å². The van der Waals surface area contributed by atoms with Crippen molar-refractivity contribution in [3.05, 3.63) is 23.8 Å². The normalized spacial score (nSPS) is 14.7. The second kappa shape index (κ2) is 5.24. The van der Waals surface area contributed by atoms with Gasteiger partial charge in [0.25, 0.3) is 0 Å². The van der Waals surface area contributed by atoms with Gasteiger partial charge in [-0.3, -0.25) is 10.2 Å². The Kier molecular flexibility index (Phi) is 3.69. The van der Waals surface area contributed by atoms with Crippen LogP contribution in [0.2, 0.25) is 0 Å². The molecule has 0 radical (unpaired) electrons. The van der Waals surface area contributed by atoms with Gasteiger partial charge in [0.2, 0.25) is 12.7 Å². The summed E-state index contributed by atoms with van der Waals surface area (Å²) in [4.78, 5) is 11.6. The number of rotatable bonds is 4. The molecular weight excluding hydrogens is 234 g/mol. The summed E-state index contributed by atoms with van der Waals surface area (Å²) in [5, 5.41) is 1.59. The van der Waals surface area contributed by atoms with Crippen LogP contribution in [0.25, 0.3) is 0 Å². The molecule has 2 rings (SSSR count). The van der Waals surface area contributed by atoms with Crippen LogP contribution >= 0.6 is 0 Å². The smallest absolute Gasteiger partial charge is 0.236 e. The van der Waals surface area contributed by atoms with E-state index in [9.17, 15) is 4.79 Å². The van der Waals surface area contributed by atoms with Crippen LogP contribution in [0.15, 0.2) is 18.2 Å². The Morgan fingerprint density at radius 3 is 2.89 bits per heavy atom. The standard InChI is InChI=1S/C12H17N3O3/c1-15(2)14-12(16)6-9(13)8-3-4-10-11(5-8)18-7-17-10/h3-5,9H,6-7,13H2,1-2H3,(H,14,16). The number of nitrogens with one attached hydrogen (secondary N) is 1. The van der Waals surface area contributed by atoms with Crippen LogP contribution in [0.5, 0.6) is 11.5 Å². The predicted octanol–water partition coefficient (Wildman–Crippen LogP) is 0.398. The Morgan fingerprint density at radius 2 is 2.17 bits per heavy atom. The number of benzene rings is 1. The van der Waals surface area contributed by atoms with Crippen molar-refractivity contribution in [3.63, 3.8) is 0 Å². The molecule has 98 valence electrons. The van der Waals surface area contributed by atoms with Gasteiger partial charge in [-0.1, -0.05) is 6.07 Å². The summed E-state index contributed by atoms with van der Waals surface area (Å²) in [5.41, 5.74) is 9.50. The maximum Gasteiger partial charge on any atom is 0.236 e. The number of nitrogens with zero attached hydrogens (tertiary/aromatic N) is 1. The van der Waals surface area contributed by atoms with Crippen LogP contribution in [0.4, 0.5) is 0 Å². The molecule has 1 aromatic carbocycles. The second-order valence-electron chi connectivity index (χ2n) is 4.35. The maximum atomic E-state index is 11.6. The third-order valence-electron chi connectivity index (χ3n) is 2.58. The van der Waals surface area contributed by atoms with Crippen LogP contribution in [0.3, 0.4) is 0 Å². The Balaban J connectivity index is 2.00. The average Bonchev–Trinajstić information content (AvgIpc) is 2.74. The van der Waals surface area contributed by atoms with E-state index in [0.717, 1.165) is 5.56 Å². The molecule has 0 spiro atoms. The first-order valence-corrected chi connectivity index (χ1v) is 5.68. The summed E-state index contributed by atoms with van der Waals surface area (Å²) in [6, 6.07) is 5.11. The first kappa shape index (κ1) is 12.7. The van der Waals surface area contributed by atoms with Crippen molar-refractivity contribution in [1.82, 2.24) is 10.4 Å². The number of hydrogen-bond acceptors (Lipinski definition) is 5. The lowest BCUT2D eigenvalue weighted by Crippen LogP contribution is -2.37. The van der Waals surface area contributed by atoms with E-state index in [2.05, 4.69) is 5.43 Å². The van der Waals surface area contributed by atoms with E-state index < -0.39 is 0 Å². The minimum absolute atomic E-state index is 0.120. The highest BCUT2D eigenvalue weighted by molar-refractivity contribution is 5.76. The van der Waals surface area contributed by atoms with Crippen molar-refractivity contribution in [1.29, 1.82) is 0 Å². The van der Waals surface area contributed by atoms with E-state index in [1.807, 2.05) is 12.1 Å². The zero-order valence-corrected chi connectivity index (χ0v) is 10.5. The minimum atomic E-state index is -0.362. The summed E-state index contributed by atoms with van der Waals surface area (Å²) >= 11 is 0. The number of ether oxygens (including phenoxy) is 2. The molecule has 1 unspecified atom stereocenters. The van der Waals surface area contributed by atoms with Crippen molar-refractivity contribution >= 4 is 5.91 Å². The fraction of sp³-hybridized carbons (Fsp3) is 0.417. The summed E-state index contributed by atoms with van der Waals surface area (Å²) in [5.74, 6) is 1.27. The molecule has 0 aromatic heterocycles. The molecule has 0 saturated heterocycles. The van der Waals surface area contributed by atoms with Crippen molar-refractivity contribution in [2.45, 2.75) is 12.5 Å². The Hall–Kier alpha value is -1.79. The van der Waals surface area contributed by atoms with Crippen LogP contribution < -0.4 is 20.6 Å². The molecule has 0 fully saturated rings. The van der Waals surface area contributed by atoms with Gasteiger partial charge in [0.05, 0.1) is 0 Å². The first-order valence-electron chi connectivity index (χ1n) is 5.68. The van der Waals surface area contributed by atoms with Crippen LogP contribution in [0, 0.1) is 0 Å². The third kappa shape index (κ3) is 2.91. The van der Waals surface area contributed by atoms with Crippen molar-refractivity contribution in [2.75, 3.05) is 20.9 Å². The van der Waals surface area contributed by atoms with Crippen molar-refractivity contribution in [2.24, 2.45) is 5.73 Å². The van der Waals surface area contributed by atoms with E-state index in [-0.39, 0.29) is 25.2 Å². The Labute approximate surface area is 106 Å². The Morgan fingerprint density at radius 1 is 1.44 bits per heavy atom. The number of hydrogen-bond donors (Lipinski definition) is 2. The fourth-order valence-electron chi connectivity index (χ4n) is 1.76. The topological polar surface area (TPSA) is 76.8 Å². The molecule has 0 bridgehead atoms. The molecule has 0 saturated carbocycles. The predicted molar refractivity (Wildman–Crippen MR) is 65.9 cm³/mol. The highest BCUT2D eigenvalue weighted by Crippen LogP contribution is 2.34. The quantitative estimate of drug-likeness (QED) is 0.757. The number of fused-ring (bicyclic) bond motifs is 1. The van der Waals surface area contributed by atoms with Crippen molar-refractivity contribution in [3.8, 4) is 11.5 Å². The van der Waals surface area contributed by atoms with E-state index >= 15 is 0 Å². The molecule has 18 heavy (non-hydrogen) atoms. The fourth-order valence-corrected chi connectivity index (χ4v) is 1.76. The number of carbonyl (C=O) groups is 1. The van der Waals surface area contributed by atoms with E-state index in [1.165, 1.54) is 0 Å². The summed E-state index contributed by atoms with van der Waals surface area (Å²) < 4.78 is 10.5. The molecule has 1 aliphatic heterocycles. The van der Waals surface area contributed by atoms with E-state index in [0.29, 0.717) is 11.5 Å². The van der Waals surface area contributed by atoms with Gasteiger partial charge < -0.3 is 15.2 Å². The lowest BCUT2D eigenvalue weighted by molar-refractivity contribution is -0.125. The van der Waals surface area contributed by atoms with Crippen LogP contribution in [-0.2, 0) is 4.79 Å². The molecule has 1 atom stereocenters. The van der Waals surface area contributed by atoms with Gasteiger partial charge >= 0.3 is 0 Å². The molecule has 1 amide bonds. The summed E-state index contributed by atoms with van der Waals surface area (Å²) in [6.07, 6.45) is 0.220. The highest BCUT2D eigenvalue weighted by atomic mass is 16.7. The third-order valence-corrected chi connectivity index (χ3v) is 2.58. The summed E-state index contributed by atoms with van der Waals surface area (Å²) in [7, 11) is 3.51. The van der Waals surface area contributed by atoms with Crippen LogP contribution in [-0.4, -0.2) is 31.8 Å². The monoisotopic (exact) mass is 251 g/mol. The number of amides is 1. The molecule has 0 aliphatic carbocycles. The maximum absolute atomic E-state index is 11.6. The molecule has 6 heteroatoms. The van der Waals surface area contributed by atoms with Gasteiger partial charge in [-0.2, -0.15) is 0 Å². The zero-order chi connectivity index (χ0) is 13.1. The molecule has 1 aromatic rings. The van der Waals surface area contributed by atoms with Crippen LogP contribution in [0.1, 0.15) is 18.0 Å². The van der Waals surface area contributed by atoms with Crippen molar-refractivity contribution < 1.29 is 14.3 Å². The largest absolute Gasteiger partial charge is 0.454 e. The minimum Gasteiger partial charge on any atom is -0.454 e. The van der Waals surface area contributed by atoms with Gasteiger partial charge in [-0.05, 0) is 17.7 Å². The van der Waals surface area contributed by atoms with Gasteiger partial charge in [0.15, 0.2) is 11.5 Å². The van der Waals surface area contributed by atoms with E-state index in [4.69, 9.17) is 15.2 Å². The molecule has 1 aliphatic rings. The molecular formula is C12H17N3O3. The van der Waals surface area contributed by atoms with Gasteiger partial charge in [0.1, 0.15) is 0 Å². The lowest BCUT2D eigenvalue weighted by atomic mass is 10.0. The lowest BCUT2D eigenvalue weighted by Gasteiger charge is -2.15. The molecule has 3 N–H and O–H groups in total. The Bertz CT molecular complexity index is 448. The molecule has 1 heterocycles. The summed E-state index contributed by atoms with van der Waals surface area (Å²) in [6.45, 7) is 0.231. The number of nitrogens with two attached hydrogens (primary N) is 1. The number of carbonyl (C=O) groups excluding carboxylic acids is 1.